The number of carbonyl (C=O) groups is 1. The smallest absolute Gasteiger partial charge is 0.228 e. The third-order valence-corrected chi connectivity index (χ3v) is 4.07. The lowest BCUT2D eigenvalue weighted by molar-refractivity contribution is -0.115. The SMILES string of the molecule is O=C(Cc1ccc2[nH]ccc2c1)Nc1c(Cl)cc(Cl)cc1Cl. The molecule has 0 saturated carbocycles. The summed E-state index contributed by atoms with van der Waals surface area (Å²) in [5.41, 5.74) is 2.32. The quantitative estimate of drug-likeness (QED) is 0.658. The van der Waals surface area contributed by atoms with Gasteiger partial charge in [-0.05, 0) is 41.3 Å². The van der Waals surface area contributed by atoms with Crippen LogP contribution in [0.5, 0.6) is 0 Å². The zero-order valence-corrected chi connectivity index (χ0v) is 13.6. The molecule has 0 aliphatic carbocycles. The van der Waals surface area contributed by atoms with E-state index in [1.165, 1.54) is 12.1 Å². The molecule has 0 radical (unpaired) electrons. The van der Waals surface area contributed by atoms with E-state index >= 15 is 0 Å². The van der Waals surface area contributed by atoms with Crippen molar-refractivity contribution in [1.82, 2.24) is 4.98 Å². The van der Waals surface area contributed by atoms with Gasteiger partial charge in [0.15, 0.2) is 0 Å². The van der Waals surface area contributed by atoms with Crippen molar-refractivity contribution >= 4 is 57.3 Å². The lowest BCUT2D eigenvalue weighted by atomic mass is 10.1. The van der Waals surface area contributed by atoms with Gasteiger partial charge in [0.1, 0.15) is 0 Å². The van der Waals surface area contributed by atoms with Crippen molar-refractivity contribution in [2.45, 2.75) is 6.42 Å². The van der Waals surface area contributed by atoms with Crippen LogP contribution in [0.2, 0.25) is 15.1 Å². The molecule has 0 atom stereocenters. The van der Waals surface area contributed by atoms with E-state index in [1.807, 2.05) is 30.5 Å². The number of nitrogens with one attached hydrogen (secondary N) is 2. The van der Waals surface area contributed by atoms with Crippen LogP contribution in [0.4, 0.5) is 5.69 Å². The van der Waals surface area contributed by atoms with E-state index in [-0.39, 0.29) is 12.3 Å². The molecule has 22 heavy (non-hydrogen) atoms. The van der Waals surface area contributed by atoms with Crippen LogP contribution in [-0.2, 0) is 11.2 Å². The van der Waals surface area contributed by atoms with Crippen LogP contribution in [0.15, 0.2) is 42.6 Å². The van der Waals surface area contributed by atoms with Gasteiger partial charge in [0.2, 0.25) is 5.91 Å². The highest BCUT2D eigenvalue weighted by atomic mass is 35.5. The lowest BCUT2D eigenvalue weighted by Gasteiger charge is -2.10. The van der Waals surface area contributed by atoms with E-state index in [1.54, 1.807) is 0 Å². The summed E-state index contributed by atoms with van der Waals surface area (Å²) in [4.78, 5) is 15.3. The van der Waals surface area contributed by atoms with Crippen molar-refractivity contribution in [3.05, 3.63) is 63.2 Å². The van der Waals surface area contributed by atoms with Gasteiger partial charge in [-0.3, -0.25) is 4.79 Å². The summed E-state index contributed by atoms with van der Waals surface area (Å²) in [6.07, 6.45) is 2.10. The number of aromatic amines is 1. The Balaban J connectivity index is 1.77. The number of aromatic nitrogens is 1. The molecule has 1 amide bonds. The van der Waals surface area contributed by atoms with E-state index < -0.39 is 0 Å². The van der Waals surface area contributed by atoms with Crippen LogP contribution in [0.3, 0.4) is 0 Å². The highest BCUT2D eigenvalue weighted by Crippen LogP contribution is 2.33. The Labute approximate surface area is 142 Å². The summed E-state index contributed by atoms with van der Waals surface area (Å²) in [7, 11) is 0. The third kappa shape index (κ3) is 3.22. The molecule has 0 bridgehead atoms. The van der Waals surface area contributed by atoms with Crippen molar-refractivity contribution in [3.63, 3.8) is 0 Å². The molecule has 1 aromatic heterocycles. The van der Waals surface area contributed by atoms with Crippen molar-refractivity contribution in [2.75, 3.05) is 5.32 Å². The molecule has 2 N–H and O–H groups in total. The van der Waals surface area contributed by atoms with E-state index in [2.05, 4.69) is 10.3 Å². The minimum absolute atomic E-state index is 0.194. The van der Waals surface area contributed by atoms with Gasteiger partial charge in [-0.15, -0.1) is 0 Å². The first kappa shape index (κ1) is 15.2. The molecule has 2 aromatic carbocycles. The first-order valence-corrected chi connectivity index (χ1v) is 7.67. The number of rotatable bonds is 3. The number of amides is 1. The van der Waals surface area contributed by atoms with Gasteiger partial charge < -0.3 is 10.3 Å². The average molecular weight is 354 g/mol. The molecule has 0 unspecified atom stereocenters. The van der Waals surface area contributed by atoms with Crippen LogP contribution < -0.4 is 5.32 Å². The van der Waals surface area contributed by atoms with Crippen molar-refractivity contribution in [2.24, 2.45) is 0 Å². The van der Waals surface area contributed by atoms with Crippen LogP contribution in [0, 0.1) is 0 Å². The molecule has 1 heterocycles. The summed E-state index contributed by atoms with van der Waals surface area (Å²) in [6, 6.07) is 10.9. The fourth-order valence-corrected chi connectivity index (χ4v) is 3.15. The van der Waals surface area contributed by atoms with Gasteiger partial charge in [-0.1, -0.05) is 40.9 Å². The Hall–Kier alpha value is -1.68. The number of hydrogen-bond acceptors (Lipinski definition) is 1. The fraction of sp³-hybridized carbons (Fsp3) is 0.0625. The molecule has 0 aliphatic heterocycles. The number of carbonyl (C=O) groups excluding carboxylic acids is 1. The standard InChI is InChI=1S/C16H11Cl3N2O/c17-11-7-12(18)16(13(19)8-11)21-15(22)6-9-1-2-14-10(5-9)3-4-20-14/h1-5,7-8,20H,6H2,(H,21,22). The predicted molar refractivity (Wildman–Crippen MR) is 92.1 cm³/mol. The highest BCUT2D eigenvalue weighted by Gasteiger charge is 2.12. The molecular formula is C16H11Cl3N2O. The van der Waals surface area contributed by atoms with Crippen molar-refractivity contribution in [1.29, 1.82) is 0 Å². The number of anilines is 1. The largest absolute Gasteiger partial charge is 0.361 e. The molecule has 112 valence electrons. The van der Waals surface area contributed by atoms with Gasteiger partial charge in [0.25, 0.3) is 0 Å². The lowest BCUT2D eigenvalue weighted by Crippen LogP contribution is -2.15. The molecule has 3 nitrogen and oxygen atoms in total. The second-order valence-electron chi connectivity index (χ2n) is 4.87. The van der Waals surface area contributed by atoms with Crippen molar-refractivity contribution in [3.8, 4) is 0 Å². The number of fused-ring (bicyclic) bond motifs is 1. The molecule has 0 saturated heterocycles. The van der Waals surface area contributed by atoms with Gasteiger partial charge in [0, 0.05) is 16.7 Å². The fourth-order valence-electron chi connectivity index (χ4n) is 2.24. The molecular weight excluding hydrogens is 343 g/mol. The third-order valence-electron chi connectivity index (χ3n) is 3.25. The topological polar surface area (TPSA) is 44.9 Å². The zero-order valence-electron chi connectivity index (χ0n) is 11.3. The average Bonchev–Trinajstić information content (AvgIpc) is 2.90. The number of H-pyrrole nitrogens is 1. The first-order valence-electron chi connectivity index (χ1n) is 6.53. The van der Waals surface area contributed by atoms with Gasteiger partial charge >= 0.3 is 0 Å². The van der Waals surface area contributed by atoms with Gasteiger partial charge in [0.05, 0.1) is 22.2 Å². The zero-order chi connectivity index (χ0) is 15.7. The molecule has 3 rings (SSSR count). The Bertz CT molecular complexity index is 834. The van der Waals surface area contributed by atoms with E-state index in [9.17, 15) is 4.79 Å². The minimum atomic E-state index is -0.194. The van der Waals surface area contributed by atoms with Crippen molar-refractivity contribution < 1.29 is 4.79 Å². The van der Waals surface area contributed by atoms with Gasteiger partial charge in [-0.25, -0.2) is 0 Å². The monoisotopic (exact) mass is 352 g/mol. The summed E-state index contributed by atoms with van der Waals surface area (Å²) in [6.45, 7) is 0. The second-order valence-corrected chi connectivity index (χ2v) is 6.12. The summed E-state index contributed by atoms with van der Waals surface area (Å²) in [5, 5.41) is 4.84. The first-order chi connectivity index (χ1) is 10.5. The molecule has 0 fully saturated rings. The molecule has 0 aliphatic rings. The van der Waals surface area contributed by atoms with Crippen LogP contribution in [0.1, 0.15) is 5.56 Å². The van der Waals surface area contributed by atoms with Crippen LogP contribution >= 0.6 is 34.8 Å². The Morgan fingerprint density at radius 3 is 2.50 bits per heavy atom. The van der Waals surface area contributed by atoms with Crippen LogP contribution in [-0.4, -0.2) is 10.9 Å². The molecule has 0 spiro atoms. The molecule has 6 heteroatoms. The van der Waals surface area contributed by atoms with Crippen LogP contribution in [0.25, 0.3) is 10.9 Å². The van der Waals surface area contributed by atoms with E-state index in [4.69, 9.17) is 34.8 Å². The summed E-state index contributed by atoms with van der Waals surface area (Å²) < 4.78 is 0. The minimum Gasteiger partial charge on any atom is -0.361 e. The number of halogens is 3. The maximum absolute atomic E-state index is 12.2. The van der Waals surface area contributed by atoms with Gasteiger partial charge in [-0.2, -0.15) is 0 Å². The summed E-state index contributed by atoms with van der Waals surface area (Å²) >= 11 is 18.0. The maximum atomic E-state index is 12.2. The Morgan fingerprint density at radius 1 is 1.05 bits per heavy atom. The van der Waals surface area contributed by atoms with E-state index in [0.717, 1.165) is 16.5 Å². The Morgan fingerprint density at radius 2 is 1.77 bits per heavy atom. The number of benzene rings is 2. The summed E-state index contributed by atoms with van der Waals surface area (Å²) in [5.74, 6) is -0.194. The maximum Gasteiger partial charge on any atom is 0.228 e. The predicted octanol–water partition coefficient (Wildman–Crippen LogP) is 5.31. The Kier molecular flexibility index (Phi) is 4.30. The van der Waals surface area contributed by atoms with E-state index in [0.29, 0.717) is 20.8 Å². The highest BCUT2D eigenvalue weighted by molar-refractivity contribution is 6.42. The number of hydrogen-bond donors (Lipinski definition) is 2. The molecule has 3 aromatic rings. The second kappa shape index (κ2) is 6.21. The normalized spacial score (nSPS) is 10.9.